The number of hydrogen-bond donors (Lipinski definition) is 1. The molecule has 5 nitrogen and oxygen atoms in total. The second-order valence-electron chi connectivity index (χ2n) is 3.20. The van der Waals surface area contributed by atoms with Crippen molar-refractivity contribution in [3.8, 4) is 0 Å². The van der Waals surface area contributed by atoms with Crippen LogP contribution in [-0.4, -0.2) is 19.6 Å². The van der Waals surface area contributed by atoms with E-state index in [4.69, 9.17) is 0 Å². The molecule has 0 saturated carbocycles. The van der Waals surface area contributed by atoms with Gasteiger partial charge in [0.05, 0.1) is 5.25 Å². The first-order valence-corrected chi connectivity index (χ1v) is 5.63. The van der Waals surface area contributed by atoms with Gasteiger partial charge in [0, 0.05) is 0 Å². The van der Waals surface area contributed by atoms with Gasteiger partial charge in [0.25, 0.3) is 16.0 Å². The number of hydroxylamine groups is 1. The van der Waals surface area contributed by atoms with E-state index in [1.807, 2.05) is 0 Å². The summed E-state index contributed by atoms with van der Waals surface area (Å²) in [5.74, 6) is -0.773. The molecule has 0 aliphatic heterocycles. The third-order valence-electron chi connectivity index (χ3n) is 1.84. The minimum atomic E-state index is -3.74. The van der Waals surface area contributed by atoms with Crippen LogP contribution in [0.1, 0.15) is 22.2 Å². The second-order valence-corrected chi connectivity index (χ2v) is 5.09. The smallest absolute Gasteiger partial charge is 1.00 e. The van der Waals surface area contributed by atoms with E-state index in [0.717, 1.165) is 6.08 Å². The van der Waals surface area contributed by atoms with E-state index in [2.05, 4.69) is 10.9 Å². The average molecular weight is 245 g/mol. The molecule has 1 unspecified atom stereocenters. The standard InChI is InChI=1S/C8H15NO4S.Na.H/c1-5-8(10)9-13-14(11,12)7(4)6(2)3;;/h5-7H,1H2,2-4H3,(H,9,10);;/q;+1;-1. The first-order chi connectivity index (χ1) is 6.31. The molecule has 1 amide bonds. The van der Waals surface area contributed by atoms with E-state index in [0.29, 0.717) is 0 Å². The van der Waals surface area contributed by atoms with E-state index in [1.54, 1.807) is 19.3 Å². The molecule has 0 saturated heterocycles. The first-order valence-electron chi connectivity index (χ1n) is 4.16. The SMILES string of the molecule is C=CC(=O)NOS(=O)(=O)C(C)C(C)C.[H-].[Na+]. The number of hydrogen-bond acceptors (Lipinski definition) is 4. The van der Waals surface area contributed by atoms with Gasteiger partial charge in [-0.05, 0) is 18.9 Å². The number of nitrogens with one attached hydrogen (secondary N) is 1. The molecule has 1 N–H and O–H groups in total. The van der Waals surface area contributed by atoms with Crippen LogP contribution in [0, 0.1) is 5.92 Å². The van der Waals surface area contributed by atoms with Crippen LogP contribution in [0.3, 0.4) is 0 Å². The summed E-state index contributed by atoms with van der Waals surface area (Å²) < 4.78 is 26.9. The summed E-state index contributed by atoms with van der Waals surface area (Å²) in [6, 6.07) is 0. The second kappa shape index (κ2) is 7.40. The van der Waals surface area contributed by atoms with Crippen molar-refractivity contribution in [1.82, 2.24) is 5.48 Å². The van der Waals surface area contributed by atoms with Crippen LogP contribution in [0.25, 0.3) is 0 Å². The maximum absolute atomic E-state index is 11.3. The Morgan fingerprint density at radius 3 is 2.27 bits per heavy atom. The summed E-state index contributed by atoms with van der Waals surface area (Å²) in [7, 11) is -3.74. The van der Waals surface area contributed by atoms with E-state index in [1.165, 1.54) is 6.92 Å². The van der Waals surface area contributed by atoms with E-state index in [9.17, 15) is 13.2 Å². The molecule has 15 heavy (non-hydrogen) atoms. The van der Waals surface area contributed by atoms with Gasteiger partial charge in [-0.2, -0.15) is 8.42 Å². The summed E-state index contributed by atoms with van der Waals surface area (Å²) in [4.78, 5) is 10.6. The monoisotopic (exact) mass is 245 g/mol. The topological polar surface area (TPSA) is 72.5 Å². The summed E-state index contributed by atoms with van der Waals surface area (Å²) >= 11 is 0. The predicted molar refractivity (Wildman–Crippen MR) is 53.8 cm³/mol. The third-order valence-corrected chi connectivity index (χ3v) is 3.61. The molecule has 0 aliphatic carbocycles. The van der Waals surface area contributed by atoms with Gasteiger partial charge >= 0.3 is 29.6 Å². The molecule has 7 heteroatoms. The molecule has 0 aromatic rings. The molecule has 1 atom stereocenters. The number of carbonyl (C=O) groups is 1. The molecule has 0 heterocycles. The molecule has 0 bridgehead atoms. The van der Waals surface area contributed by atoms with Crippen molar-refractivity contribution in [3.63, 3.8) is 0 Å². The Morgan fingerprint density at radius 2 is 1.93 bits per heavy atom. The first kappa shape index (κ1) is 17.5. The molecule has 0 aromatic heterocycles. The van der Waals surface area contributed by atoms with Gasteiger partial charge in [0.2, 0.25) is 0 Å². The van der Waals surface area contributed by atoms with Gasteiger partial charge in [0.15, 0.2) is 0 Å². The van der Waals surface area contributed by atoms with Crippen LogP contribution in [-0.2, 0) is 19.2 Å². The fourth-order valence-electron chi connectivity index (χ4n) is 0.550. The Bertz CT molecular complexity index is 318. The molecule has 0 spiro atoms. The summed E-state index contributed by atoms with van der Waals surface area (Å²) in [5, 5.41) is -0.674. The molecule has 0 fully saturated rings. The summed E-state index contributed by atoms with van der Waals surface area (Å²) in [5.41, 5.74) is 1.76. The van der Waals surface area contributed by atoms with Crippen molar-refractivity contribution in [1.29, 1.82) is 0 Å². The zero-order valence-electron chi connectivity index (χ0n) is 10.5. The maximum Gasteiger partial charge on any atom is 1.00 e. The average Bonchev–Trinajstić information content (AvgIpc) is 2.12. The van der Waals surface area contributed by atoms with Crippen molar-refractivity contribution >= 4 is 16.0 Å². The van der Waals surface area contributed by atoms with Crippen molar-refractivity contribution in [2.24, 2.45) is 5.92 Å². The maximum atomic E-state index is 11.3. The zero-order valence-corrected chi connectivity index (χ0v) is 12.3. The van der Waals surface area contributed by atoms with Crippen LogP contribution in [0.15, 0.2) is 12.7 Å². The van der Waals surface area contributed by atoms with Crippen molar-refractivity contribution in [2.45, 2.75) is 26.0 Å². The van der Waals surface area contributed by atoms with E-state index in [-0.39, 0.29) is 36.9 Å². The van der Waals surface area contributed by atoms with Gasteiger partial charge in [-0.1, -0.05) is 20.4 Å². The molecular formula is C8H16NNaO4S. The Hall–Kier alpha value is 0.120. The van der Waals surface area contributed by atoms with Crippen molar-refractivity contribution in [3.05, 3.63) is 12.7 Å². The molecule has 84 valence electrons. The minimum Gasteiger partial charge on any atom is -1.00 e. The fraction of sp³-hybridized carbons (Fsp3) is 0.625. The van der Waals surface area contributed by atoms with Crippen molar-refractivity contribution in [2.75, 3.05) is 0 Å². The van der Waals surface area contributed by atoms with Crippen LogP contribution < -0.4 is 35.0 Å². The summed E-state index contributed by atoms with van der Waals surface area (Å²) in [6.45, 7) is 8.17. The number of rotatable bonds is 5. The molecule has 0 aromatic carbocycles. The number of amides is 1. The minimum absolute atomic E-state index is 0. The van der Waals surface area contributed by atoms with E-state index < -0.39 is 21.3 Å². The van der Waals surface area contributed by atoms with Crippen LogP contribution in [0.2, 0.25) is 0 Å². The van der Waals surface area contributed by atoms with Gasteiger partial charge in [0.1, 0.15) is 0 Å². The quantitative estimate of drug-likeness (QED) is 0.336. The van der Waals surface area contributed by atoms with Crippen molar-refractivity contribution < 1.29 is 48.5 Å². The predicted octanol–water partition coefficient (Wildman–Crippen LogP) is -2.29. The normalized spacial score (nSPS) is 12.8. The van der Waals surface area contributed by atoms with Crippen LogP contribution in [0.5, 0.6) is 0 Å². The third kappa shape index (κ3) is 6.32. The van der Waals surface area contributed by atoms with Crippen LogP contribution in [0.4, 0.5) is 0 Å². The van der Waals surface area contributed by atoms with Gasteiger partial charge in [-0.25, -0.2) is 5.48 Å². The Balaban J connectivity index is -0.000000845. The Labute approximate surface area is 114 Å². The Kier molecular flexibility index (Phi) is 8.64. The largest absolute Gasteiger partial charge is 1.00 e. The molecular weight excluding hydrogens is 229 g/mol. The van der Waals surface area contributed by atoms with Gasteiger partial charge in [-0.3, -0.25) is 4.79 Å². The Morgan fingerprint density at radius 1 is 1.47 bits per heavy atom. The fourth-order valence-corrected chi connectivity index (χ4v) is 1.57. The zero-order chi connectivity index (χ0) is 11.4. The van der Waals surface area contributed by atoms with E-state index >= 15 is 0 Å². The molecule has 0 rings (SSSR count). The summed E-state index contributed by atoms with van der Waals surface area (Å²) in [6.07, 6.45) is 0.926. The number of carbonyl (C=O) groups excluding carboxylic acids is 1. The molecule has 0 radical (unpaired) electrons. The van der Waals surface area contributed by atoms with Gasteiger partial charge in [-0.15, -0.1) is 4.28 Å². The molecule has 0 aliphatic rings. The van der Waals surface area contributed by atoms with Gasteiger partial charge < -0.3 is 1.43 Å². The van der Waals surface area contributed by atoms with Crippen LogP contribution >= 0.6 is 0 Å².